The van der Waals surface area contributed by atoms with E-state index in [1.165, 1.54) is 19.4 Å². The number of hydrazine groups is 1. The molecular weight excluding hydrogens is 242 g/mol. The van der Waals surface area contributed by atoms with Crippen molar-refractivity contribution in [2.75, 3.05) is 46.9 Å². The van der Waals surface area contributed by atoms with Gasteiger partial charge in [-0.1, -0.05) is 0 Å². The van der Waals surface area contributed by atoms with Gasteiger partial charge >= 0.3 is 0 Å². The number of hydrogen-bond donors (Lipinski definition) is 2. The summed E-state index contributed by atoms with van der Waals surface area (Å²) in [6.45, 7) is 6.51. The minimum Gasteiger partial charge on any atom is -0.382 e. The Balaban J connectivity index is 2.41. The van der Waals surface area contributed by atoms with Gasteiger partial charge in [0.1, 0.15) is 0 Å². The average molecular weight is 271 g/mol. The van der Waals surface area contributed by atoms with E-state index in [1.807, 2.05) is 6.92 Å². The number of likely N-dealkylation sites (N-methyl/N-ethyl adjacent to an activating group) is 2. The van der Waals surface area contributed by atoms with Crippen LogP contribution in [-0.4, -0.2) is 68.7 Å². The van der Waals surface area contributed by atoms with Crippen molar-refractivity contribution in [2.45, 2.75) is 32.2 Å². The summed E-state index contributed by atoms with van der Waals surface area (Å²) in [4.78, 5) is 9.04. The number of piperidine rings is 1. The van der Waals surface area contributed by atoms with E-state index in [2.05, 4.69) is 34.3 Å². The minimum atomic E-state index is 0.487. The summed E-state index contributed by atoms with van der Waals surface area (Å²) in [6, 6.07) is 0.487. The molecule has 1 unspecified atom stereocenters. The monoisotopic (exact) mass is 271 g/mol. The molecule has 1 fully saturated rings. The largest absolute Gasteiger partial charge is 0.382 e. The van der Waals surface area contributed by atoms with Crippen LogP contribution in [0.15, 0.2) is 4.99 Å². The molecule has 3 N–H and O–H groups in total. The lowest BCUT2D eigenvalue weighted by molar-refractivity contribution is 0.146. The summed E-state index contributed by atoms with van der Waals surface area (Å²) < 4.78 is 5.30. The summed E-state index contributed by atoms with van der Waals surface area (Å²) in [5.41, 5.74) is 2.72. The second-order valence-corrected chi connectivity index (χ2v) is 5.07. The van der Waals surface area contributed by atoms with Crippen molar-refractivity contribution < 1.29 is 4.74 Å². The first-order valence-corrected chi connectivity index (χ1v) is 7.19. The first-order valence-electron chi connectivity index (χ1n) is 7.19. The summed E-state index contributed by atoms with van der Waals surface area (Å²) >= 11 is 0. The molecule has 0 aliphatic carbocycles. The fourth-order valence-electron chi connectivity index (χ4n) is 2.38. The van der Waals surface area contributed by atoms with Gasteiger partial charge in [-0.15, -0.1) is 0 Å². The van der Waals surface area contributed by atoms with Gasteiger partial charge in [-0.05, 0) is 39.8 Å². The molecule has 0 saturated carbocycles. The standard InChI is InChI=1S/C13H29N5O/c1-4-19-10-6-8-15-13(16-14)18(3)12-7-5-9-17(2)11-12/h12H,4-11,14H2,1-3H3,(H,15,16). The van der Waals surface area contributed by atoms with E-state index in [-0.39, 0.29) is 0 Å². The van der Waals surface area contributed by atoms with Crippen molar-refractivity contribution in [3.05, 3.63) is 0 Å². The Morgan fingerprint density at radius 3 is 3.00 bits per heavy atom. The van der Waals surface area contributed by atoms with Crippen LogP contribution in [0.3, 0.4) is 0 Å². The Morgan fingerprint density at radius 1 is 1.58 bits per heavy atom. The van der Waals surface area contributed by atoms with Crippen LogP contribution in [-0.2, 0) is 4.74 Å². The summed E-state index contributed by atoms with van der Waals surface area (Å²) in [7, 11) is 4.22. The van der Waals surface area contributed by atoms with Crippen molar-refractivity contribution in [2.24, 2.45) is 10.8 Å². The zero-order chi connectivity index (χ0) is 14.1. The number of likely N-dealkylation sites (tertiary alicyclic amines) is 1. The maximum absolute atomic E-state index is 5.59. The van der Waals surface area contributed by atoms with Crippen LogP contribution >= 0.6 is 0 Å². The lowest BCUT2D eigenvalue weighted by atomic mass is 10.1. The predicted octanol–water partition coefficient (Wildman–Crippen LogP) is 0.258. The Hall–Kier alpha value is -0.850. The lowest BCUT2D eigenvalue weighted by Gasteiger charge is -2.37. The quantitative estimate of drug-likeness (QED) is 0.238. The van der Waals surface area contributed by atoms with Gasteiger partial charge in [0.25, 0.3) is 0 Å². The molecule has 0 aromatic carbocycles. The van der Waals surface area contributed by atoms with Gasteiger partial charge in [-0.25, -0.2) is 5.84 Å². The summed E-state index contributed by atoms with van der Waals surface area (Å²) in [5.74, 6) is 6.36. The van der Waals surface area contributed by atoms with Crippen LogP contribution in [0.1, 0.15) is 26.2 Å². The van der Waals surface area contributed by atoms with Gasteiger partial charge < -0.3 is 14.5 Å². The fourth-order valence-corrected chi connectivity index (χ4v) is 2.38. The zero-order valence-corrected chi connectivity index (χ0v) is 12.6. The van der Waals surface area contributed by atoms with E-state index in [9.17, 15) is 0 Å². The average Bonchev–Trinajstić information content (AvgIpc) is 2.42. The molecule has 0 bridgehead atoms. The Kier molecular flexibility index (Phi) is 7.78. The Labute approximate surface area is 117 Å². The van der Waals surface area contributed by atoms with Crippen molar-refractivity contribution in [1.82, 2.24) is 15.2 Å². The van der Waals surface area contributed by atoms with Crippen LogP contribution in [0.2, 0.25) is 0 Å². The SMILES string of the molecule is CCOCCCN=C(NN)N(C)C1CCCN(C)C1. The van der Waals surface area contributed by atoms with Gasteiger partial charge in [-0.3, -0.25) is 10.4 Å². The van der Waals surface area contributed by atoms with Crippen LogP contribution in [0.4, 0.5) is 0 Å². The first kappa shape index (κ1) is 16.2. The molecule has 0 aromatic heterocycles. The third kappa shape index (κ3) is 5.76. The van der Waals surface area contributed by atoms with Crippen molar-refractivity contribution in [1.29, 1.82) is 0 Å². The maximum Gasteiger partial charge on any atom is 0.208 e. The molecule has 6 heteroatoms. The Morgan fingerprint density at radius 2 is 2.37 bits per heavy atom. The molecule has 1 aliphatic rings. The number of guanidine groups is 1. The van der Waals surface area contributed by atoms with E-state index < -0.39 is 0 Å². The number of nitrogens with one attached hydrogen (secondary N) is 1. The van der Waals surface area contributed by atoms with Gasteiger partial charge in [0.2, 0.25) is 5.96 Å². The van der Waals surface area contributed by atoms with Crippen LogP contribution in [0, 0.1) is 0 Å². The second-order valence-electron chi connectivity index (χ2n) is 5.07. The second kappa shape index (κ2) is 9.12. The van der Waals surface area contributed by atoms with Crippen molar-refractivity contribution in [3.8, 4) is 0 Å². The normalized spacial score (nSPS) is 21.5. The predicted molar refractivity (Wildman–Crippen MR) is 79.0 cm³/mol. The third-order valence-electron chi connectivity index (χ3n) is 3.52. The number of hydrogen-bond acceptors (Lipinski definition) is 4. The third-order valence-corrected chi connectivity index (χ3v) is 3.52. The van der Waals surface area contributed by atoms with E-state index in [0.29, 0.717) is 6.04 Å². The molecule has 0 amide bonds. The molecule has 6 nitrogen and oxygen atoms in total. The summed E-state index contributed by atoms with van der Waals surface area (Å²) in [5, 5.41) is 0. The zero-order valence-electron chi connectivity index (χ0n) is 12.6. The fraction of sp³-hybridized carbons (Fsp3) is 0.923. The molecule has 1 atom stereocenters. The van der Waals surface area contributed by atoms with E-state index >= 15 is 0 Å². The highest BCUT2D eigenvalue weighted by Gasteiger charge is 2.22. The van der Waals surface area contributed by atoms with Crippen molar-refractivity contribution in [3.63, 3.8) is 0 Å². The first-order chi connectivity index (χ1) is 9.19. The smallest absolute Gasteiger partial charge is 0.208 e. The number of ether oxygens (including phenoxy) is 1. The highest BCUT2D eigenvalue weighted by atomic mass is 16.5. The van der Waals surface area contributed by atoms with E-state index in [1.54, 1.807) is 0 Å². The molecule has 0 radical (unpaired) electrons. The molecule has 19 heavy (non-hydrogen) atoms. The molecule has 1 rings (SSSR count). The number of nitrogens with zero attached hydrogens (tertiary/aromatic N) is 3. The number of aliphatic imine (C=N–C) groups is 1. The molecule has 1 saturated heterocycles. The van der Waals surface area contributed by atoms with Crippen LogP contribution < -0.4 is 11.3 Å². The van der Waals surface area contributed by atoms with Gasteiger partial charge in [0.15, 0.2) is 0 Å². The molecule has 1 heterocycles. The van der Waals surface area contributed by atoms with Crippen molar-refractivity contribution >= 4 is 5.96 Å². The molecular formula is C13H29N5O. The number of rotatable bonds is 6. The Bertz CT molecular complexity index is 272. The number of nitrogens with two attached hydrogens (primary N) is 1. The maximum atomic E-state index is 5.59. The van der Waals surface area contributed by atoms with Crippen LogP contribution in [0.5, 0.6) is 0 Å². The highest BCUT2D eigenvalue weighted by Crippen LogP contribution is 2.13. The molecule has 1 aliphatic heterocycles. The van der Waals surface area contributed by atoms with Crippen LogP contribution in [0.25, 0.3) is 0 Å². The van der Waals surface area contributed by atoms with Gasteiger partial charge in [0, 0.05) is 39.4 Å². The van der Waals surface area contributed by atoms with Gasteiger partial charge in [0.05, 0.1) is 0 Å². The van der Waals surface area contributed by atoms with E-state index in [0.717, 1.165) is 38.7 Å². The molecule has 112 valence electrons. The highest BCUT2D eigenvalue weighted by molar-refractivity contribution is 5.79. The topological polar surface area (TPSA) is 66.1 Å². The molecule has 0 spiro atoms. The summed E-state index contributed by atoms with van der Waals surface area (Å²) in [6.07, 6.45) is 3.35. The van der Waals surface area contributed by atoms with Gasteiger partial charge in [-0.2, -0.15) is 0 Å². The van der Waals surface area contributed by atoms with E-state index in [4.69, 9.17) is 10.6 Å². The lowest BCUT2D eigenvalue weighted by Crippen LogP contribution is -2.52. The minimum absolute atomic E-state index is 0.487. The molecule has 0 aromatic rings.